The van der Waals surface area contributed by atoms with Crippen LogP contribution in [0.25, 0.3) is 0 Å². The number of anilines is 1. The molecule has 0 saturated carbocycles. The first-order chi connectivity index (χ1) is 10.2. The van der Waals surface area contributed by atoms with Crippen molar-refractivity contribution in [3.8, 4) is 0 Å². The van der Waals surface area contributed by atoms with Crippen molar-refractivity contribution in [3.63, 3.8) is 0 Å². The van der Waals surface area contributed by atoms with Crippen LogP contribution in [0.3, 0.4) is 0 Å². The fourth-order valence-electron chi connectivity index (χ4n) is 3.68. The summed E-state index contributed by atoms with van der Waals surface area (Å²) in [5, 5.41) is 3.49. The minimum Gasteiger partial charge on any atom is -0.360 e. The average Bonchev–Trinajstić information content (AvgIpc) is 2.90. The van der Waals surface area contributed by atoms with Gasteiger partial charge in [0, 0.05) is 32.9 Å². The summed E-state index contributed by atoms with van der Waals surface area (Å²) in [5.41, 5.74) is 1.94. The molecule has 0 aromatic carbocycles. The molecule has 3 rings (SSSR count). The van der Waals surface area contributed by atoms with Crippen LogP contribution < -0.4 is 10.2 Å². The molecular formula is C17H28N4. The van der Waals surface area contributed by atoms with Gasteiger partial charge in [-0.25, -0.2) is 4.98 Å². The van der Waals surface area contributed by atoms with E-state index in [1.807, 2.05) is 0 Å². The van der Waals surface area contributed by atoms with Gasteiger partial charge in [0.25, 0.3) is 0 Å². The van der Waals surface area contributed by atoms with Crippen LogP contribution in [0.4, 0.5) is 5.82 Å². The van der Waals surface area contributed by atoms with Crippen molar-refractivity contribution in [3.05, 3.63) is 23.9 Å². The minimum atomic E-state index is 0.598. The Labute approximate surface area is 128 Å². The first-order valence-corrected chi connectivity index (χ1v) is 8.30. The summed E-state index contributed by atoms with van der Waals surface area (Å²) < 4.78 is 0. The summed E-state index contributed by atoms with van der Waals surface area (Å²) in [6.45, 7) is 9.12. The Morgan fingerprint density at radius 3 is 2.76 bits per heavy atom. The van der Waals surface area contributed by atoms with Gasteiger partial charge in [-0.3, -0.25) is 4.90 Å². The Kier molecular flexibility index (Phi) is 4.45. The first kappa shape index (κ1) is 14.8. The molecule has 0 atom stereocenters. The molecule has 4 nitrogen and oxygen atoms in total. The van der Waals surface area contributed by atoms with Crippen molar-refractivity contribution >= 4 is 5.82 Å². The van der Waals surface area contributed by atoms with E-state index < -0.39 is 0 Å². The van der Waals surface area contributed by atoms with E-state index in [0.717, 1.165) is 18.9 Å². The molecule has 0 aliphatic carbocycles. The van der Waals surface area contributed by atoms with E-state index in [2.05, 4.69) is 52.4 Å². The second-order valence-corrected chi connectivity index (χ2v) is 6.75. The molecule has 21 heavy (non-hydrogen) atoms. The van der Waals surface area contributed by atoms with E-state index in [9.17, 15) is 0 Å². The lowest BCUT2D eigenvalue weighted by Gasteiger charge is -2.33. The zero-order chi connectivity index (χ0) is 14.7. The quantitative estimate of drug-likeness (QED) is 0.919. The highest BCUT2D eigenvalue weighted by Gasteiger charge is 2.38. The van der Waals surface area contributed by atoms with E-state index in [4.69, 9.17) is 0 Å². The molecule has 4 heteroatoms. The third-order valence-corrected chi connectivity index (χ3v) is 5.26. The van der Waals surface area contributed by atoms with E-state index >= 15 is 0 Å². The number of hydrogen-bond donors (Lipinski definition) is 1. The number of likely N-dealkylation sites (tertiary alicyclic amines) is 1. The van der Waals surface area contributed by atoms with Gasteiger partial charge in [-0.1, -0.05) is 6.07 Å². The number of nitrogens with one attached hydrogen (secondary N) is 1. The SMILES string of the molecule is CCN(C)c1ccc(CN2CCC3(CCNCC3)C2)cn1. The molecule has 1 aromatic heterocycles. The Balaban J connectivity index is 1.57. The number of rotatable bonds is 4. The molecule has 0 amide bonds. The third kappa shape index (κ3) is 3.38. The summed E-state index contributed by atoms with van der Waals surface area (Å²) in [4.78, 5) is 9.37. The highest BCUT2D eigenvalue weighted by molar-refractivity contribution is 5.37. The van der Waals surface area contributed by atoms with Crippen LogP contribution in [0, 0.1) is 5.41 Å². The van der Waals surface area contributed by atoms with Crippen molar-refractivity contribution in [2.24, 2.45) is 5.41 Å². The van der Waals surface area contributed by atoms with Gasteiger partial charge in [-0.15, -0.1) is 0 Å². The highest BCUT2D eigenvalue weighted by Crippen LogP contribution is 2.38. The zero-order valence-corrected chi connectivity index (χ0v) is 13.4. The molecule has 2 saturated heterocycles. The largest absolute Gasteiger partial charge is 0.360 e. The van der Waals surface area contributed by atoms with Crippen molar-refractivity contribution < 1.29 is 0 Å². The van der Waals surface area contributed by atoms with Gasteiger partial charge in [-0.2, -0.15) is 0 Å². The summed E-state index contributed by atoms with van der Waals surface area (Å²) >= 11 is 0. The second kappa shape index (κ2) is 6.32. The van der Waals surface area contributed by atoms with Gasteiger partial charge in [0.15, 0.2) is 0 Å². The van der Waals surface area contributed by atoms with Crippen molar-refractivity contribution in [1.29, 1.82) is 0 Å². The van der Waals surface area contributed by atoms with Crippen LogP contribution in [0.15, 0.2) is 18.3 Å². The Morgan fingerprint density at radius 2 is 2.10 bits per heavy atom. The summed E-state index contributed by atoms with van der Waals surface area (Å²) in [6, 6.07) is 4.39. The predicted octanol–water partition coefficient (Wildman–Crippen LogP) is 2.11. The van der Waals surface area contributed by atoms with Gasteiger partial charge in [-0.05, 0) is 62.9 Å². The van der Waals surface area contributed by atoms with Crippen molar-refractivity contribution in [2.75, 3.05) is 44.7 Å². The lowest BCUT2D eigenvalue weighted by atomic mass is 9.78. The molecular weight excluding hydrogens is 260 g/mol. The third-order valence-electron chi connectivity index (χ3n) is 5.26. The van der Waals surface area contributed by atoms with Crippen LogP contribution in [0.2, 0.25) is 0 Å². The molecule has 0 unspecified atom stereocenters. The summed E-state index contributed by atoms with van der Waals surface area (Å²) in [6.07, 6.45) is 6.12. The van der Waals surface area contributed by atoms with Gasteiger partial charge < -0.3 is 10.2 Å². The number of aromatic nitrogens is 1. The molecule has 2 aliphatic rings. The zero-order valence-electron chi connectivity index (χ0n) is 13.4. The molecule has 116 valence electrons. The number of piperidine rings is 1. The molecule has 1 N–H and O–H groups in total. The topological polar surface area (TPSA) is 31.4 Å². The number of hydrogen-bond acceptors (Lipinski definition) is 4. The lowest BCUT2D eigenvalue weighted by Crippen LogP contribution is -2.38. The molecule has 3 heterocycles. The fraction of sp³-hybridized carbons (Fsp3) is 0.706. The Bertz CT molecular complexity index is 450. The highest BCUT2D eigenvalue weighted by atomic mass is 15.2. The number of nitrogens with zero attached hydrogens (tertiary/aromatic N) is 3. The maximum atomic E-state index is 4.58. The van der Waals surface area contributed by atoms with Crippen LogP contribution in [-0.2, 0) is 6.54 Å². The van der Waals surface area contributed by atoms with Gasteiger partial charge in [0.2, 0.25) is 0 Å². The fourth-order valence-corrected chi connectivity index (χ4v) is 3.68. The average molecular weight is 288 g/mol. The number of pyridine rings is 1. The predicted molar refractivity (Wildman–Crippen MR) is 87.6 cm³/mol. The van der Waals surface area contributed by atoms with E-state index in [-0.39, 0.29) is 0 Å². The first-order valence-electron chi connectivity index (χ1n) is 8.30. The maximum absolute atomic E-state index is 4.58. The van der Waals surface area contributed by atoms with Crippen LogP contribution in [-0.4, -0.2) is 49.7 Å². The van der Waals surface area contributed by atoms with Crippen LogP contribution >= 0.6 is 0 Å². The van der Waals surface area contributed by atoms with Crippen molar-refractivity contribution in [2.45, 2.75) is 32.7 Å². The monoisotopic (exact) mass is 288 g/mol. The molecule has 0 bridgehead atoms. The normalized spacial score (nSPS) is 21.8. The van der Waals surface area contributed by atoms with Crippen molar-refractivity contribution in [1.82, 2.24) is 15.2 Å². The van der Waals surface area contributed by atoms with Crippen LogP contribution in [0.1, 0.15) is 31.7 Å². The maximum Gasteiger partial charge on any atom is 0.128 e. The van der Waals surface area contributed by atoms with E-state index in [1.165, 1.54) is 51.0 Å². The molecule has 0 radical (unpaired) electrons. The summed E-state index contributed by atoms with van der Waals surface area (Å²) in [7, 11) is 2.09. The summed E-state index contributed by atoms with van der Waals surface area (Å²) in [5.74, 6) is 1.07. The van der Waals surface area contributed by atoms with E-state index in [0.29, 0.717) is 5.41 Å². The molecule has 2 aliphatic heterocycles. The second-order valence-electron chi connectivity index (χ2n) is 6.75. The Hall–Kier alpha value is -1.13. The minimum absolute atomic E-state index is 0.598. The molecule has 2 fully saturated rings. The molecule has 1 spiro atoms. The van der Waals surface area contributed by atoms with Gasteiger partial charge in [0.1, 0.15) is 5.82 Å². The van der Waals surface area contributed by atoms with E-state index in [1.54, 1.807) is 0 Å². The molecule has 1 aromatic rings. The Morgan fingerprint density at radius 1 is 1.29 bits per heavy atom. The lowest BCUT2D eigenvalue weighted by molar-refractivity contribution is 0.194. The smallest absolute Gasteiger partial charge is 0.128 e. The standard InChI is InChI=1S/C17H28N4/c1-3-20(2)16-5-4-15(12-19-16)13-21-11-8-17(14-21)6-9-18-10-7-17/h4-5,12,18H,3,6-11,13-14H2,1-2H3. The van der Waals surface area contributed by atoms with Gasteiger partial charge in [0.05, 0.1) is 0 Å². The van der Waals surface area contributed by atoms with Gasteiger partial charge >= 0.3 is 0 Å². The van der Waals surface area contributed by atoms with Crippen LogP contribution in [0.5, 0.6) is 0 Å².